The summed E-state index contributed by atoms with van der Waals surface area (Å²) < 4.78 is 41.2. The minimum atomic E-state index is -4.57. The van der Waals surface area contributed by atoms with Gasteiger partial charge in [-0.3, -0.25) is 19.3 Å². The monoisotopic (exact) mass is 719 g/mol. The summed E-state index contributed by atoms with van der Waals surface area (Å²) in [5, 5.41) is 21.0. The molecule has 5 N–H and O–H groups in total. The summed E-state index contributed by atoms with van der Waals surface area (Å²) in [5.74, 6) is -3.14. The van der Waals surface area contributed by atoms with Crippen LogP contribution in [0.15, 0.2) is 51.4 Å². The highest BCUT2D eigenvalue weighted by atomic mass is 35.5. The number of rotatable bonds is 13. The number of thioether (sulfide) groups is 3. The molecule has 0 unspecified atom stereocenters. The lowest BCUT2D eigenvalue weighted by atomic mass is 10.0. The fourth-order valence-electron chi connectivity index (χ4n) is 5.03. The van der Waals surface area contributed by atoms with Crippen LogP contribution in [-0.2, 0) is 31.9 Å². The van der Waals surface area contributed by atoms with Crippen LogP contribution >= 0.6 is 46.9 Å². The van der Waals surface area contributed by atoms with Crippen molar-refractivity contribution in [2.45, 2.75) is 66.7 Å². The minimum absolute atomic E-state index is 0.0550. The molecule has 1 aromatic carbocycles. The number of aryl methyl sites for hydroxylation is 2. The van der Waals surface area contributed by atoms with Gasteiger partial charge in [-0.25, -0.2) is 9.36 Å². The van der Waals surface area contributed by atoms with E-state index in [-0.39, 0.29) is 21.4 Å². The number of hydrogen-bond acceptors (Lipinski definition) is 8. The maximum atomic E-state index is 13.1. The number of alkyl halides is 3. The molecule has 0 radical (unpaired) electrons. The van der Waals surface area contributed by atoms with E-state index in [4.69, 9.17) is 22.4 Å². The normalized spacial score (nSPS) is 18.6. The molecule has 1 saturated heterocycles. The van der Waals surface area contributed by atoms with E-state index in [1.54, 1.807) is 0 Å². The van der Waals surface area contributed by atoms with Crippen LogP contribution in [0.5, 0.6) is 0 Å². The first kappa shape index (κ1) is 35.9. The lowest BCUT2D eigenvalue weighted by molar-refractivity contribution is -0.709. The van der Waals surface area contributed by atoms with E-state index in [1.165, 1.54) is 28.4 Å². The van der Waals surface area contributed by atoms with E-state index in [2.05, 4.69) is 9.88 Å². The average Bonchev–Trinajstić information content (AvgIpc) is 2.98. The Kier molecular flexibility index (Phi) is 11.6. The van der Waals surface area contributed by atoms with E-state index in [0.717, 1.165) is 46.2 Å². The Morgan fingerprint density at radius 2 is 1.85 bits per heavy atom. The first-order chi connectivity index (χ1) is 21.6. The number of nitrogens with zero attached hydrogens (tertiary/aromatic N) is 2. The van der Waals surface area contributed by atoms with Gasteiger partial charge in [-0.05, 0) is 30.2 Å². The van der Waals surface area contributed by atoms with Crippen molar-refractivity contribution in [2.75, 3.05) is 17.3 Å². The van der Waals surface area contributed by atoms with Crippen molar-refractivity contribution in [1.82, 2.24) is 10.2 Å². The van der Waals surface area contributed by atoms with Gasteiger partial charge in [0.2, 0.25) is 5.91 Å². The number of amides is 2. The largest absolute Gasteiger partial charge is 0.480 e. The van der Waals surface area contributed by atoms with E-state index >= 15 is 0 Å². The number of fused-ring (bicyclic) bond motifs is 1. The Morgan fingerprint density at radius 3 is 2.46 bits per heavy atom. The van der Waals surface area contributed by atoms with Crippen molar-refractivity contribution in [1.29, 1.82) is 0 Å². The number of carbonyl (C=O) groups is 4. The molecule has 4 rings (SSSR count). The van der Waals surface area contributed by atoms with Crippen LogP contribution in [0.25, 0.3) is 0 Å². The van der Waals surface area contributed by atoms with Crippen molar-refractivity contribution in [3.05, 3.63) is 63.6 Å². The summed E-state index contributed by atoms with van der Waals surface area (Å²) in [6.07, 6.45) is -3.64. The zero-order valence-corrected chi connectivity index (χ0v) is 27.8. The van der Waals surface area contributed by atoms with Crippen molar-refractivity contribution in [2.24, 2.45) is 5.73 Å². The molecular formula is C29H31ClF3N4O6S3+. The molecule has 46 heavy (non-hydrogen) atoms. The van der Waals surface area contributed by atoms with Gasteiger partial charge in [-0.15, -0.1) is 35.3 Å². The standard InChI is InChI=1S/C29H30ClF3N4O6S3/c1-14-8-18(9-15(2)36(14)7-3-4-20(34)27(40)41)44-11-16-12-46-26-23(25(39)37(26)24(16)28(42)43)35-22(38)13-45-21-10-17(29(31,32)33)5-6-19(21)30/h5-6,8-10,20,23,26H,3-4,7,11-13,34H2,1-2H3,(H2-,35,38,40,41,42,43)/p+1/t20-,23-,26+/m0/s1. The number of carboxylic acid groups (broad SMARTS) is 2. The molecule has 2 aliphatic heterocycles. The predicted molar refractivity (Wildman–Crippen MR) is 169 cm³/mol. The SMILES string of the molecule is Cc1cc(SCC2=C(C(=O)O)N3C(=O)[C@H](NC(=O)CSc4cc(C(F)(F)F)ccc4Cl)[C@H]3SC2)cc(C)[n+]1CCC[C@H](N)C(=O)O. The van der Waals surface area contributed by atoms with Crippen LogP contribution < -0.4 is 15.6 Å². The first-order valence-corrected chi connectivity index (χ1v) is 17.3. The number of aromatic nitrogens is 1. The molecule has 3 heterocycles. The number of pyridine rings is 1. The summed E-state index contributed by atoms with van der Waals surface area (Å²) in [7, 11) is 0. The Bertz CT molecular complexity index is 1570. The molecule has 0 spiro atoms. The highest BCUT2D eigenvalue weighted by Crippen LogP contribution is 2.42. The van der Waals surface area contributed by atoms with Crippen molar-refractivity contribution in [3.63, 3.8) is 0 Å². The summed E-state index contributed by atoms with van der Waals surface area (Å²) >= 11 is 9.56. The number of nitrogens with one attached hydrogen (secondary N) is 1. The van der Waals surface area contributed by atoms with E-state index in [0.29, 0.717) is 36.5 Å². The first-order valence-electron chi connectivity index (χ1n) is 13.9. The Labute approximate surface area is 280 Å². The van der Waals surface area contributed by atoms with Gasteiger partial charge < -0.3 is 21.3 Å². The number of halogens is 4. The number of nitrogens with two attached hydrogens (primary N) is 1. The van der Waals surface area contributed by atoms with Gasteiger partial charge in [0.1, 0.15) is 29.7 Å². The zero-order chi connectivity index (χ0) is 33.9. The number of aliphatic carboxylic acids is 2. The average molecular weight is 720 g/mol. The maximum absolute atomic E-state index is 13.1. The molecule has 2 aliphatic rings. The van der Waals surface area contributed by atoms with Crippen molar-refractivity contribution >= 4 is 70.6 Å². The molecule has 1 aromatic heterocycles. The molecule has 17 heteroatoms. The summed E-state index contributed by atoms with van der Waals surface area (Å²) in [4.78, 5) is 51.0. The Balaban J connectivity index is 1.36. The highest BCUT2D eigenvalue weighted by Gasteiger charge is 2.54. The Morgan fingerprint density at radius 1 is 1.17 bits per heavy atom. The van der Waals surface area contributed by atoms with Crippen LogP contribution in [-0.4, -0.2) is 73.6 Å². The molecule has 0 bridgehead atoms. The van der Waals surface area contributed by atoms with Gasteiger partial charge in [0.25, 0.3) is 5.91 Å². The summed E-state index contributed by atoms with van der Waals surface area (Å²) in [6.45, 7) is 4.45. The van der Waals surface area contributed by atoms with Crippen LogP contribution in [0, 0.1) is 13.8 Å². The molecule has 10 nitrogen and oxygen atoms in total. The predicted octanol–water partition coefficient (Wildman–Crippen LogP) is 4.08. The van der Waals surface area contributed by atoms with E-state index in [1.807, 2.05) is 26.0 Å². The molecule has 0 aliphatic carbocycles. The van der Waals surface area contributed by atoms with E-state index in [9.17, 15) is 37.5 Å². The molecule has 1 fully saturated rings. The van der Waals surface area contributed by atoms with Gasteiger partial charge in [-0.1, -0.05) is 11.6 Å². The van der Waals surface area contributed by atoms with Crippen LogP contribution in [0.4, 0.5) is 13.2 Å². The lowest BCUT2D eigenvalue weighted by Crippen LogP contribution is -2.70. The lowest BCUT2D eigenvalue weighted by Gasteiger charge is -2.49. The topological polar surface area (TPSA) is 154 Å². The molecule has 248 valence electrons. The number of benzene rings is 1. The molecule has 2 aromatic rings. The second-order valence-corrected chi connectivity index (χ2v) is 14.2. The fraction of sp³-hybridized carbons (Fsp3) is 0.414. The minimum Gasteiger partial charge on any atom is -0.480 e. The van der Waals surface area contributed by atoms with Gasteiger partial charge in [0, 0.05) is 53.7 Å². The number of hydrogen-bond donors (Lipinski definition) is 4. The van der Waals surface area contributed by atoms with E-state index < -0.39 is 53.0 Å². The highest BCUT2D eigenvalue weighted by molar-refractivity contribution is 8.01. The molecule has 2 amide bonds. The van der Waals surface area contributed by atoms with Gasteiger partial charge >= 0.3 is 18.1 Å². The quantitative estimate of drug-likeness (QED) is 0.135. The second kappa shape index (κ2) is 14.9. The Hall–Kier alpha value is -2.92. The third kappa shape index (κ3) is 8.32. The maximum Gasteiger partial charge on any atom is 0.416 e. The molecule has 3 atom stereocenters. The zero-order valence-electron chi connectivity index (χ0n) is 24.6. The van der Waals surface area contributed by atoms with Gasteiger partial charge in [0.15, 0.2) is 11.4 Å². The van der Waals surface area contributed by atoms with Crippen LogP contribution in [0.3, 0.4) is 0 Å². The third-order valence-corrected chi connectivity index (χ3v) is 11.3. The summed E-state index contributed by atoms with van der Waals surface area (Å²) in [6, 6.07) is 4.83. The van der Waals surface area contributed by atoms with Crippen LogP contribution in [0.2, 0.25) is 5.02 Å². The second-order valence-electron chi connectivity index (χ2n) is 10.6. The van der Waals surface area contributed by atoms with Crippen LogP contribution in [0.1, 0.15) is 29.8 Å². The number of β-lactam (4-membered cyclic amide) rings is 1. The summed E-state index contributed by atoms with van der Waals surface area (Å²) in [5.41, 5.74) is 7.03. The molecular weight excluding hydrogens is 689 g/mol. The third-order valence-electron chi connectivity index (χ3n) is 7.36. The van der Waals surface area contributed by atoms with Gasteiger partial charge in [0.05, 0.1) is 16.3 Å². The number of carboxylic acids is 2. The smallest absolute Gasteiger partial charge is 0.416 e. The van der Waals surface area contributed by atoms with Crippen molar-refractivity contribution < 1.29 is 47.1 Å². The van der Waals surface area contributed by atoms with Gasteiger partial charge in [-0.2, -0.15) is 13.2 Å². The fourth-order valence-corrected chi connectivity index (χ4v) is 8.66. The molecule has 0 saturated carbocycles. The van der Waals surface area contributed by atoms with Crippen molar-refractivity contribution in [3.8, 4) is 0 Å². The number of carbonyl (C=O) groups excluding carboxylic acids is 2.